The molecule has 0 N–H and O–H groups in total. The van der Waals surface area contributed by atoms with Gasteiger partial charge in [0.2, 0.25) is 0 Å². The molecule has 0 saturated heterocycles. The summed E-state index contributed by atoms with van der Waals surface area (Å²) >= 11 is 7.36. The Morgan fingerprint density at radius 1 is 1.42 bits per heavy atom. The van der Waals surface area contributed by atoms with Gasteiger partial charge in [0.15, 0.2) is 4.47 Å². The average Bonchev–Trinajstić information content (AvgIpc) is 3.14. The topological polar surface area (TPSA) is 47.4 Å². The number of hydrogen-bond donors (Lipinski definition) is 0. The lowest BCUT2D eigenvalue weighted by atomic mass is 10.1. The normalized spacial score (nSPS) is 11.1. The van der Waals surface area contributed by atoms with E-state index in [0.29, 0.717) is 29.7 Å². The fourth-order valence-corrected chi connectivity index (χ4v) is 3.54. The predicted octanol–water partition coefficient (Wildman–Crippen LogP) is 3.58. The van der Waals surface area contributed by atoms with Crippen LogP contribution in [0, 0.1) is 0 Å². The van der Waals surface area contributed by atoms with Gasteiger partial charge in [0.25, 0.3) is 5.91 Å². The first kappa shape index (κ1) is 17.0. The second kappa shape index (κ2) is 7.34. The number of rotatable bonds is 6. The van der Waals surface area contributed by atoms with Gasteiger partial charge in [-0.3, -0.25) is 4.79 Å². The van der Waals surface area contributed by atoms with Crippen LogP contribution in [-0.4, -0.2) is 40.6 Å². The molecule has 0 fully saturated rings. The van der Waals surface area contributed by atoms with Crippen molar-refractivity contribution in [1.29, 1.82) is 0 Å². The molecule has 3 rings (SSSR count). The van der Waals surface area contributed by atoms with Crippen molar-refractivity contribution in [2.24, 2.45) is 7.05 Å². The van der Waals surface area contributed by atoms with Crippen molar-refractivity contribution in [3.05, 3.63) is 52.3 Å². The minimum atomic E-state index is -0.0423. The smallest absolute Gasteiger partial charge is 0.254 e. The molecule has 7 heteroatoms. The quantitative estimate of drug-likeness (QED) is 0.672. The summed E-state index contributed by atoms with van der Waals surface area (Å²) in [5, 5.41) is 0. The van der Waals surface area contributed by atoms with E-state index in [4.69, 9.17) is 16.3 Å². The Labute approximate surface area is 149 Å². The fourth-order valence-electron chi connectivity index (χ4n) is 2.53. The van der Waals surface area contributed by atoms with Crippen LogP contribution in [0.15, 0.2) is 36.5 Å². The van der Waals surface area contributed by atoms with Crippen LogP contribution >= 0.6 is 22.9 Å². The molecule has 0 aliphatic heterocycles. The molecule has 24 heavy (non-hydrogen) atoms. The molecule has 1 amide bonds. The lowest BCUT2D eigenvalue weighted by Gasteiger charge is -2.23. The first-order chi connectivity index (χ1) is 11.6. The third-order valence-corrected chi connectivity index (χ3v) is 5.01. The van der Waals surface area contributed by atoms with E-state index >= 15 is 0 Å². The number of ether oxygens (including phenoxy) is 1. The molecule has 0 unspecified atom stereocenters. The van der Waals surface area contributed by atoms with Crippen molar-refractivity contribution in [2.75, 3.05) is 20.3 Å². The number of aryl methyl sites for hydroxylation is 1. The van der Waals surface area contributed by atoms with E-state index in [2.05, 4.69) is 4.98 Å². The van der Waals surface area contributed by atoms with Crippen LogP contribution in [-0.2, 0) is 18.3 Å². The minimum absolute atomic E-state index is 0.0423. The molecule has 0 atom stereocenters. The Morgan fingerprint density at radius 2 is 2.25 bits per heavy atom. The Bertz CT molecular complexity index is 859. The Kier molecular flexibility index (Phi) is 5.18. The zero-order valence-electron chi connectivity index (χ0n) is 13.5. The molecule has 0 radical (unpaired) electrons. The van der Waals surface area contributed by atoms with Crippen molar-refractivity contribution >= 4 is 39.1 Å². The number of thiazole rings is 1. The number of nitrogens with zero attached hydrogens (tertiary/aromatic N) is 3. The summed E-state index contributed by atoms with van der Waals surface area (Å²) in [6.45, 7) is 1.54. The molecule has 1 aromatic carbocycles. The molecule has 126 valence electrons. The number of amides is 1. The van der Waals surface area contributed by atoms with Gasteiger partial charge in [-0.05, 0) is 30.3 Å². The first-order valence-corrected chi connectivity index (χ1v) is 8.72. The minimum Gasteiger partial charge on any atom is -0.383 e. The summed E-state index contributed by atoms with van der Waals surface area (Å²) in [6.07, 6.45) is 1.97. The van der Waals surface area contributed by atoms with Gasteiger partial charge >= 0.3 is 0 Å². The van der Waals surface area contributed by atoms with Crippen LogP contribution in [0.25, 0.3) is 10.2 Å². The summed E-state index contributed by atoms with van der Waals surface area (Å²) in [4.78, 5) is 19.0. The maximum Gasteiger partial charge on any atom is 0.254 e. The largest absolute Gasteiger partial charge is 0.383 e. The Balaban J connectivity index is 1.86. The predicted molar refractivity (Wildman–Crippen MR) is 96.7 cm³/mol. The summed E-state index contributed by atoms with van der Waals surface area (Å²) < 4.78 is 8.62. The molecule has 0 spiro atoms. The molecule has 5 nitrogen and oxygen atoms in total. The maximum atomic E-state index is 12.9. The number of hydrogen-bond acceptors (Lipinski definition) is 4. The average molecular weight is 364 g/mol. The number of aromatic nitrogens is 2. The highest BCUT2D eigenvalue weighted by molar-refractivity contribution is 7.22. The van der Waals surface area contributed by atoms with Gasteiger partial charge in [0, 0.05) is 38.2 Å². The van der Waals surface area contributed by atoms with Gasteiger partial charge in [0.1, 0.15) is 0 Å². The van der Waals surface area contributed by atoms with Gasteiger partial charge < -0.3 is 14.2 Å². The van der Waals surface area contributed by atoms with Gasteiger partial charge in [-0.2, -0.15) is 0 Å². The van der Waals surface area contributed by atoms with E-state index in [9.17, 15) is 4.79 Å². The third kappa shape index (κ3) is 3.61. The van der Waals surface area contributed by atoms with Crippen molar-refractivity contribution in [3.8, 4) is 0 Å². The number of methoxy groups -OCH3 is 1. The van der Waals surface area contributed by atoms with Crippen molar-refractivity contribution in [2.45, 2.75) is 6.54 Å². The highest BCUT2D eigenvalue weighted by atomic mass is 35.5. The van der Waals surface area contributed by atoms with Crippen LogP contribution in [0.5, 0.6) is 0 Å². The molecule has 2 heterocycles. The zero-order chi connectivity index (χ0) is 17.1. The van der Waals surface area contributed by atoms with E-state index < -0.39 is 0 Å². The van der Waals surface area contributed by atoms with Crippen molar-refractivity contribution in [1.82, 2.24) is 14.5 Å². The molecule has 0 aliphatic rings. The summed E-state index contributed by atoms with van der Waals surface area (Å²) in [5.74, 6) is -0.0423. The molecular formula is C17H18ClN3O2S. The number of carbonyl (C=O) groups is 1. The molecule has 0 saturated carbocycles. The summed E-state index contributed by atoms with van der Waals surface area (Å²) in [7, 11) is 3.60. The van der Waals surface area contributed by atoms with E-state index in [1.807, 2.05) is 42.1 Å². The second-order valence-electron chi connectivity index (χ2n) is 5.48. The molecule has 2 aromatic heterocycles. The Morgan fingerprint density at radius 3 is 2.96 bits per heavy atom. The number of halogens is 1. The summed E-state index contributed by atoms with van der Waals surface area (Å²) in [5.41, 5.74) is 2.42. The van der Waals surface area contributed by atoms with Gasteiger partial charge in [-0.15, -0.1) is 11.3 Å². The van der Waals surface area contributed by atoms with Crippen LogP contribution in [0.2, 0.25) is 4.47 Å². The highest BCUT2D eigenvalue weighted by Gasteiger charge is 2.18. The lowest BCUT2D eigenvalue weighted by molar-refractivity contribution is 0.0676. The lowest BCUT2D eigenvalue weighted by Crippen LogP contribution is -2.34. The van der Waals surface area contributed by atoms with Gasteiger partial charge in [0.05, 0.1) is 23.4 Å². The van der Waals surface area contributed by atoms with Crippen LogP contribution in [0.1, 0.15) is 16.1 Å². The molecule has 0 aliphatic carbocycles. The monoisotopic (exact) mass is 363 g/mol. The van der Waals surface area contributed by atoms with E-state index in [-0.39, 0.29) is 5.91 Å². The van der Waals surface area contributed by atoms with Crippen molar-refractivity contribution in [3.63, 3.8) is 0 Å². The Hall–Kier alpha value is -1.89. The fraction of sp³-hybridized carbons (Fsp3) is 0.294. The standard InChI is InChI=1S/C17H18ClN3O2S/c1-20-7-3-4-13(20)11-21(8-9-23-2)16(22)12-5-6-15-14(10-12)19-17(18)24-15/h3-7,10H,8-9,11H2,1-2H3. The SMILES string of the molecule is COCCN(Cc1cccn1C)C(=O)c1ccc2sc(Cl)nc2c1. The number of benzene rings is 1. The molecule has 0 bridgehead atoms. The van der Waals surface area contributed by atoms with Crippen LogP contribution in [0.4, 0.5) is 0 Å². The van der Waals surface area contributed by atoms with Crippen LogP contribution < -0.4 is 0 Å². The van der Waals surface area contributed by atoms with E-state index in [1.165, 1.54) is 11.3 Å². The highest BCUT2D eigenvalue weighted by Crippen LogP contribution is 2.26. The zero-order valence-corrected chi connectivity index (χ0v) is 15.1. The maximum absolute atomic E-state index is 12.9. The number of carbonyl (C=O) groups excluding carboxylic acids is 1. The second-order valence-corrected chi connectivity index (χ2v) is 7.09. The molecule has 3 aromatic rings. The van der Waals surface area contributed by atoms with Crippen molar-refractivity contribution < 1.29 is 9.53 Å². The third-order valence-electron chi connectivity index (χ3n) is 3.87. The number of fused-ring (bicyclic) bond motifs is 1. The van der Waals surface area contributed by atoms with Gasteiger partial charge in [-0.1, -0.05) is 11.6 Å². The van der Waals surface area contributed by atoms with Crippen LogP contribution in [0.3, 0.4) is 0 Å². The summed E-state index contributed by atoms with van der Waals surface area (Å²) in [6, 6.07) is 9.49. The van der Waals surface area contributed by atoms with E-state index in [1.54, 1.807) is 18.1 Å². The first-order valence-electron chi connectivity index (χ1n) is 7.53. The van der Waals surface area contributed by atoms with E-state index in [0.717, 1.165) is 15.9 Å². The van der Waals surface area contributed by atoms with Gasteiger partial charge in [-0.25, -0.2) is 4.98 Å². The molecular weight excluding hydrogens is 346 g/mol.